The number of fused-ring (bicyclic) bond motifs is 1. The van der Waals surface area contributed by atoms with Gasteiger partial charge in [0.25, 0.3) is 0 Å². The molecule has 2 rings (SSSR count). The first-order chi connectivity index (χ1) is 6.75. The average Bonchev–Trinajstić information content (AvgIpc) is 2.57. The number of hydrogen-bond acceptors (Lipinski definition) is 2. The van der Waals surface area contributed by atoms with Crippen molar-refractivity contribution < 1.29 is 9.90 Å². The van der Waals surface area contributed by atoms with Gasteiger partial charge in [0.05, 0.1) is 6.54 Å². The molecular weight excluding hydrogens is 202 g/mol. The van der Waals surface area contributed by atoms with Crippen LogP contribution < -0.4 is 5.32 Å². The molecule has 0 amide bonds. The van der Waals surface area contributed by atoms with E-state index in [9.17, 15) is 4.79 Å². The molecule has 3 nitrogen and oxygen atoms in total. The Balaban J connectivity index is 0.00000112. The number of rotatable bonds is 3. The van der Waals surface area contributed by atoms with E-state index in [2.05, 4.69) is 17.4 Å². The van der Waals surface area contributed by atoms with Gasteiger partial charge in [0.15, 0.2) is 0 Å². The molecule has 1 aliphatic carbocycles. The summed E-state index contributed by atoms with van der Waals surface area (Å²) in [5.74, 6) is -0.791. The van der Waals surface area contributed by atoms with Crippen molar-refractivity contribution in [2.45, 2.75) is 18.9 Å². The zero-order valence-corrected chi connectivity index (χ0v) is 9.98. The number of carboxylic acids is 1. The van der Waals surface area contributed by atoms with E-state index in [-0.39, 0.29) is 29.6 Å². The van der Waals surface area contributed by atoms with Crippen LogP contribution in [0.2, 0.25) is 0 Å². The Labute approximate surface area is 105 Å². The minimum atomic E-state index is -0.791. The molecule has 0 bridgehead atoms. The number of carboxylic acid groups (broad SMARTS) is 1. The zero-order chi connectivity index (χ0) is 9.97. The first-order valence-corrected chi connectivity index (χ1v) is 4.77. The maximum atomic E-state index is 10.4. The second-order valence-electron chi connectivity index (χ2n) is 3.65. The van der Waals surface area contributed by atoms with Crippen molar-refractivity contribution in [3.8, 4) is 0 Å². The van der Waals surface area contributed by atoms with Gasteiger partial charge in [-0.25, -0.2) is 0 Å². The third-order valence-electron chi connectivity index (χ3n) is 2.59. The fourth-order valence-electron chi connectivity index (χ4n) is 1.93. The van der Waals surface area contributed by atoms with Gasteiger partial charge >= 0.3 is 5.97 Å². The van der Waals surface area contributed by atoms with E-state index >= 15 is 0 Å². The highest BCUT2D eigenvalue weighted by molar-refractivity contribution is 5.75. The quantitative estimate of drug-likeness (QED) is 0.720. The molecule has 15 heavy (non-hydrogen) atoms. The van der Waals surface area contributed by atoms with Crippen LogP contribution in [0.25, 0.3) is 0 Å². The monoisotopic (exact) mass is 215 g/mol. The highest BCUT2D eigenvalue weighted by Gasteiger charge is 2.20. The van der Waals surface area contributed by atoms with Gasteiger partial charge in [-0.1, -0.05) is 24.3 Å². The van der Waals surface area contributed by atoms with Crippen LogP contribution in [0.5, 0.6) is 0 Å². The van der Waals surface area contributed by atoms with Crippen LogP contribution in [0.3, 0.4) is 0 Å². The summed E-state index contributed by atoms with van der Waals surface area (Å²) >= 11 is 0. The molecule has 0 heterocycles. The molecule has 76 valence electrons. The number of aliphatic carboxylic acids is 1. The predicted octanol–water partition coefficient (Wildman–Crippen LogP) is 0.447. The van der Waals surface area contributed by atoms with Crippen molar-refractivity contribution in [1.82, 2.24) is 5.32 Å². The summed E-state index contributed by atoms with van der Waals surface area (Å²) in [4.78, 5) is 10.4. The van der Waals surface area contributed by atoms with Crippen molar-refractivity contribution in [3.05, 3.63) is 35.4 Å². The molecule has 0 spiro atoms. The average molecular weight is 216 g/mol. The number of hydrogen-bond donors (Lipinski definition) is 2. The lowest BCUT2D eigenvalue weighted by molar-refractivity contribution is -0.136. The van der Waals surface area contributed by atoms with Gasteiger partial charge in [0, 0.05) is 29.1 Å². The van der Waals surface area contributed by atoms with Crippen LogP contribution in [0.1, 0.15) is 11.1 Å². The summed E-state index contributed by atoms with van der Waals surface area (Å²) in [6.45, 7) is 0.0542. The third-order valence-corrected chi connectivity index (χ3v) is 2.59. The molecule has 0 aliphatic heterocycles. The molecule has 0 saturated heterocycles. The first-order valence-electron chi connectivity index (χ1n) is 4.77. The molecule has 1 aliphatic rings. The standard InChI is InChI=1S/C11H13NO2.Mg/c13-11(14)7-12-10-5-8-3-1-2-4-9(8)6-10;/h1-4,10,12H,5-7H2,(H,13,14);. The van der Waals surface area contributed by atoms with E-state index in [0.717, 1.165) is 12.8 Å². The Morgan fingerprint density at radius 1 is 1.33 bits per heavy atom. The van der Waals surface area contributed by atoms with E-state index in [4.69, 9.17) is 5.11 Å². The molecule has 0 unspecified atom stereocenters. The van der Waals surface area contributed by atoms with Gasteiger partial charge in [-0.3, -0.25) is 4.79 Å². The largest absolute Gasteiger partial charge is 0.480 e. The van der Waals surface area contributed by atoms with Gasteiger partial charge in [-0.05, 0) is 24.0 Å². The Bertz CT molecular complexity index is 329. The normalized spacial score (nSPS) is 14.4. The van der Waals surface area contributed by atoms with Crippen LogP contribution in [-0.4, -0.2) is 46.7 Å². The van der Waals surface area contributed by atoms with E-state index in [0.29, 0.717) is 6.04 Å². The van der Waals surface area contributed by atoms with Gasteiger partial charge in [0.1, 0.15) is 0 Å². The topological polar surface area (TPSA) is 49.3 Å². The Kier molecular flexibility index (Phi) is 4.57. The molecule has 2 radical (unpaired) electrons. The van der Waals surface area contributed by atoms with Crippen molar-refractivity contribution in [3.63, 3.8) is 0 Å². The van der Waals surface area contributed by atoms with Gasteiger partial charge in [-0.2, -0.15) is 0 Å². The molecule has 4 heteroatoms. The summed E-state index contributed by atoms with van der Waals surface area (Å²) in [7, 11) is 0. The summed E-state index contributed by atoms with van der Waals surface area (Å²) < 4.78 is 0. The summed E-state index contributed by atoms with van der Waals surface area (Å²) in [5.41, 5.74) is 2.69. The Morgan fingerprint density at radius 2 is 1.87 bits per heavy atom. The van der Waals surface area contributed by atoms with Crippen molar-refractivity contribution in [2.75, 3.05) is 6.54 Å². The molecule has 0 atom stereocenters. The smallest absolute Gasteiger partial charge is 0.317 e. The summed E-state index contributed by atoms with van der Waals surface area (Å²) in [5, 5.41) is 11.6. The fourth-order valence-corrected chi connectivity index (χ4v) is 1.93. The minimum absolute atomic E-state index is 0. The van der Waals surface area contributed by atoms with Gasteiger partial charge < -0.3 is 10.4 Å². The molecule has 0 saturated carbocycles. The van der Waals surface area contributed by atoms with E-state index < -0.39 is 5.97 Å². The number of nitrogens with one attached hydrogen (secondary N) is 1. The van der Waals surface area contributed by atoms with E-state index in [1.54, 1.807) is 0 Å². The minimum Gasteiger partial charge on any atom is -0.480 e. The van der Waals surface area contributed by atoms with Crippen LogP contribution in [0.4, 0.5) is 0 Å². The van der Waals surface area contributed by atoms with Crippen LogP contribution in [0.15, 0.2) is 24.3 Å². The Morgan fingerprint density at radius 3 is 2.33 bits per heavy atom. The SMILES string of the molecule is O=C(O)CNC1Cc2ccccc2C1.[Mg]. The van der Waals surface area contributed by atoms with Crippen molar-refractivity contribution >= 4 is 29.0 Å². The Hall–Kier alpha value is -0.584. The van der Waals surface area contributed by atoms with Gasteiger partial charge in [0.2, 0.25) is 0 Å². The lowest BCUT2D eigenvalue weighted by atomic mass is 10.1. The van der Waals surface area contributed by atoms with Crippen molar-refractivity contribution in [1.29, 1.82) is 0 Å². The maximum Gasteiger partial charge on any atom is 0.317 e. The van der Waals surface area contributed by atoms with Gasteiger partial charge in [-0.15, -0.1) is 0 Å². The second-order valence-corrected chi connectivity index (χ2v) is 3.65. The molecule has 2 N–H and O–H groups in total. The maximum absolute atomic E-state index is 10.4. The number of carbonyl (C=O) groups is 1. The van der Waals surface area contributed by atoms with E-state index in [1.165, 1.54) is 11.1 Å². The summed E-state index contributed by atoms with van der Waals surface area (Å²) in [6.07, 6.45) is 1.90. The van der Waals surface area contributed by atoms with Crippen molar-refractivity contribution in [2.24, 2.45) is 0 Å². The van der Waals surface area contributed by atoms with Crippen LogP contribution in [0, 0.1) is 0 Å². The lowest BCUT2D eigenvalue weighted by Crippen LogP contribution is -2.33. The van der Waals surface area contributed by atoms with Crippen LogP contribution >= 0.6 is 0 Å². The fraction of sp³-hybridized carbons (Fsp3) is 0.364. The molecular formula is C11H13MgNO2. The predicted molar refractivity (Wildman–Crippen MR) is 59.0 cm³/mol. The molecule has 0 fully saturated rings. The van der Waals surface area contributed by atoms with E-state index in [1.807, 2.05) is 12.1 Å². The lowest BCUT2D eigenvalue weighted by Gasteiger charge is -2.08. The van der Waals surface area contributed by atoms with Crippen LogP contribution in [-0.2, 0) is 17.6 Å². The highest BCUT2D eigenvalue weighted by Crippen LogP contribution is 2.21. The first kappa shape index (κ1) is 12.5. The molecule has 1 aromatic carbocycles. The zero-order valence-electron chi connectivity index (χ0n) is 8.57. The summed E-state index contributed by atoms with van der Waals surface area (Å²) in [6, 6.07) is 8.57. The number of benzene rings is 1. The molecule has 0 aromatic heterocycles. The third kappa shape index (κ3) is 3.19. The molecule has 1 aromatic rings. The highest BCUT2D eigenvalue weighted by atomic mass is 24.3. The second kappa shape index (κ2) is 5.49.